The molecule has 0 heterocycles. The predicted octanol–water partition coefficient (Wildman–Crippen LogP) is 2.97. The van der Waals surface area contributed by atoms with Crippen molar-refractivity contribution in [2.24, 2.45) is 0 Å². The number of benzene rings is 1. The van der Waals surface area contributed by atoms with Crippen molar-refractivity contribution in [3.8, 4) is 0 Å². The SMILES string of the molecule is CCc1ccccc1C(=O)OCC(F)(F)F. The van der Waals surface area contributed by atoms with Gasteiger partial charge in [-0.1, -0.05) is 25.1 Å². The molecule has 1 rings (SSSR count). The topological polar surface area (TPSA) is 26.3 Å². The quantitative estimate of drug-likeness (QED) is 0.749. The number of hydrogen-bond acceptors (Lipinski definition) is 2. The van der Waals surface area contributed by atoms with E-state index in [2.05, 4.69) is 4.74 Å². The molecule has 1 aromatic rings. The molecular weight excluding hydrogens is 221 g/mol. The summed E-state index contributed by atoms with van der Waals surface area (Å²) in [5, 5.41) is 0. The molecule has 0 bridgehead atoms. The first-order valence-corrected chi connectivity index (χ1v) is 4.76. The van der Waals surface area contributed by atoms with Crippen LogP contribution in [0.5, 0.6) is 0 Å². The first-order chi connectivity index (χ1) is 7.44. The third kappa shape index (κ3) is 3.56. The Hall–Kier alpha value is -1.52. The lowest BCUT2D eigenvalue weighted by Crippen LogP contribution is -2.20. The molecule has 0 fully saturated rings. The van der Waals surface area contributed by atoms with Crippen LogP contribution in [0.3, 0.4) is 0 Å². The van der Waals surface area contributed by atoms with Crippen molar-refractivity contribution in [1.29, 1.82) is 0 Å². The molecule has 0 saturated heterocycles. The summed E-state index contributed by atoms with van der Waals surface area (Å²) in [5.41, 5.74) is 0.865. The van der Waals surface area contributed by atoms with Gasteiger partial charge < -0.3 is 4.74 Å². The average Bonchev–Trinajstić information content (AvgIpc) is 2.25. The maximum absolute atomic E-state index is 11.8. The van der Waals surface area contributed by atoms with E-state index in [1.807, 2.05) is 6.92 Å². The normalized spacial score (nSPS) is 11.2. The highest BCUT2D eigenvalue weighted by molar-refractivity contribution is 5.91. The standard InChI is InChI=1S/C11H11F3O2/c1-2-8-5-3-4-6-9(8)10(15)16-7-11(12,13)14/h3-6H,2,7H2,1H3. The van der Waals surface area contributed by atoms with Gasteiger partial charge in [-0.3, -0.25) is 0 Å². The Morgan fingerprint density at radius 1 is 1.31 bits per heavy atom. The molecule has 0 aliphatic heterocycles. The summed E-state index contributed by atoms with van der Waals surface area (Å²) in [6.07, 6.45) is -3.92. The predicted molar refractivity (Wildman–Crippen MR) is 52.2 cm³/mol. The van der Waals surface area contributed by atoms with Crippen LogP contribution < -0.4 is 0 Å². The highest BCUT2D eigenvalue weighted by Crippen LogP contribution is 2.17. The van der Waals surface area contributed by atoms with E-state index >= 15 is 0 Å². The Labute approximate surface area is 91.0 Å². The van der Waals surface area contributed by atoms with Crippen LogP contribution in [0.25, 0.3) is 0 Å². The van der Waals surface area contributed by atoms with Crippen LogP contribution in [0.1, 0.15) is 22.8 Å². The minimum absolute atomic E-state index is 0.189. The summed E-state index contributed by atoms with van der Waals surface area (Å²) in [6, 6.07) is 6.45. The van der Waals surface area contributed by atoms with Crippen molar-refractivity contribution < 1.29 is 22.7 Å². The summed E-state index contributed by atoms with van der Waals surface area (Å²) >= 11 is 0. The van der Waals surface area contributed by atoms with Crippen molar-refractivity contribution in [3.63, 3.8) is 0 Å². The van der Waals surface area contributed by atoms with E-state index < -0.39 is 18.8 Å². The summed E-state index contributed by atoms with van der Waals surface area (Å²) in [5.74, 6) is -0.935. The van der Waals surface area contributed by atoms with Crippen LogP contribution in [-0.4, -0.2) is 18.8 Å². The first kappa shape index (κ1) is 12.5. The number of alkyl halides is 3. The van der Waals surface area contributed by atoms with Crippen LogP contribution in [-0.2, 0) is 11.2 Å². The zero-order valence-corrected chi connectivity index (χ0v) is 8.67. The molecule has 0 spiro atoms. The van der Waals surface area contributed by atoms with E-state index in [-0.39, 0.29) is 5.56 Å². The Morgan fingerprint density at radius 2 is 1.94 bits per heavy atom. The number of hydrogen-bond donors (Lipinski definition) is 0. The van der Waals surface area contributed by atoms with E-state index in [4.69, 9.17) is 0 Å². The van der Waals surface area contributed by atoms with Gasteiger partial charge in [0.15, 0.2) is 6.61 Å². The van der Waals surface area contributed by atoms with Crippen molar-refractivity contribution >= 4 is 5.97 Å². The molecule has 1 aromatic carbocycles. The fourth-order valence-corrected chi connectivity index (χ4v) is 1.25. The minimum atomic E-state index is -4.49. The number of rotatable bonds is 3. The van der Waals surface area contributed by atoms with Gasteiger partial charge in [0, 0.05) is 0 Å². The van der Waals surface area contributed by atoms with E-state index in [1.54, 1.807) is 18.2 Å². The van der Waals surface area contributed by atoms with Gasteiger partial charge in [-0.2, -0.15) is 13.2 Å². The molecule has 0 amide bonds. The fraction of sp³-hybridized carbons (Fsp3) is 0.364. The molecule has 2 nitrogen and oxygen atoms in total. The lowest BCUT2D eigenvalue weighted by molar-refractivity contribution is -0.161. The molecule has 88 valence electrons. The van der Waals surface area contributed by atoms with Gasteiger partial charge in [-0.05, 0) is 18.1 Å². The molecule has 0 atom stereocenters. The second-order valence-electron chi connectivity index (χ2n) is 3.20. The van der Waals surface area contributed by atoms with Gasteiger partial charge in [0.2, 0.25) is 0 Å². The number of ether oxygens (including phenoxy) is 1. The largest absolute Gasteiger partial charge is 0.452 e. The maximum Gasteiger partial charge on any atom is 0.422 e. The Bertz CT molecular complexity index is 372. The zero-order chi connectivity index (χ0) is 12.2. The second-order valence-corrected chi connectivity index (χ2v) is 3.20. The smallest absolute Gasteiger partial charge is 0.422 e. The number of halogens is 3. The molecule has 16 heavy (non-hydrogen) atoms. The van der Waals surface area contributed by atoms with E-state index in [9.17, 15) is 18.0 Å². The van der Waals surface area contributed by atoms with Crippen molar-refractivity contribution in [2.45, 2.75) is 19.5 Å². The molecule has 0 aliphatic carbocycles. The summed E-state index contributed by atoms with van der Waals surface area (Å²) < 4.78 is 39.7. The highest BCUT2D eigenvalue weighted by atomic mass is 19.4. The molecule has 0 radical (unpaired) electrons. The van der Waals surface area contributed by atoms with Crippen molar-refractivity contribution in [1.82, 2.24) is 0 Å². The van der Waals surface area contributed by atoms with Gasteiger partial charge in [-0.15, -0.1) is 0 Å². The van der Waals surface area contributed by atoms with Gasteiger partial charge in [-0.25, -0.2) is 4.79 Å². The molecule has 0 unspecified atom stereocenters. The first-order valence-electron chi connectivity index (χ1n) is 4.76. The highest BCUT2D eigenvalue weighted by Gasteiger charge is 2.30. The van der Waals surface area contributed by atoms with Crippen LogP contribution in [0.4, 0.5) is 13.2 Å². The number of carbonyl (C=O) groups is 1. The maximum atomic E-state index is 11.8. The van der Waals surface area contributed by atoms with Crippen molar-refractivity contribution in [3.05, 3.63) is 35.4 Å². The third-order valence-electron chi connectivity index (χ3n) is 1.99. The number of aryl methyl sites for hydroxylation is 1. The Kier molecular flexibility index (Phi) is 3.93. The average molecular weight is 232 g/mol. The Balaban J connectivity index is 2.73. The summed E-state index contributed by atoms with van der Waals surface area (Å²) in [4.78, 5) is 11.3. The lowest BCUT2D eigenvalue weighted by Gasteiger charge is -2.09. The fourth-order valence-electron chi connectivity index (χ4n) is 1.25. The van der Waals surface area contributed by atoms with E-state index in [1.165, 1.54) is 6.07 Å². The van der Waals surface area contributed by atoms with E-state index in [0.717, 1.165) is 0 Å². The third-order valence-corrected chi connectivity index (χ3v) is 1.99. The summed E-state index contributed by atoms with van der Waals surface area (Å²) in [7, 11) is 0. The molecule has 0 aromatic heterocycles. The monoisotopic (exact) mass is 232 g/mol. The number of carbonyl (C=O) groups excluding carboxylic acids is 1. The minimum Gasteiger partial charge on any atom is -0.452 e. The van der Waals surface area contributed by atoms with Crippen molar-refractivity contribution in [2.75, 3.05) is 6.61 Å². The zero-order valence-electron chi connectivity index (χ0n) is 8.67. The number of esters is 1. The summed E-state index contributed by atoms with van der Waals surface area (Å²) in [6.45, 7) is 0.264. The molecule has 0 saturated carbocycles. The molecule has 5 heteroatoms. The second kappa shape index (κ2) is 5.01. The Morgan fingerprint density at radius 3 is 2.50 bits per heavy atom. The molecule has 0 aliphatic rings. The van der Waals surface area contributed by atoms with Crippen LogP contribution in [0.15, 0.2) is 24.3 Å². The van der Waals surface area contributed by atoms with Gasteiger partial charge in [0.1, 0.15) is 0 Å². The van der Waals surface area contributed by atoms with Gasteiger partial charge >= 0.3 is 12.1 Å². The van der Waals surface area contributed by atoms with E-state index in [0.29, 0.717) is 12.0 Å². The van der Waals surface area contributed by atoms with Gasteiger partial charge in [0.25, 0.3) is 0 Å². The van der Waals surface area contributed by atoms with Gasteiger partial charge in [0.05, 0.1) is 5.56 Å². The van der Waals surface area contributed by atoms with Crippen LogP contribution >= 0.6 is 0 Å². The molecular formula is C11H11F3O2. The van der Waals surface area contributed by atoms with Crippen LogP contribution in [0.2, 0.25) is 0 Å². The van der Waals surface area contributed by atoms with Crippen LogP contribution in [0, 0.1) is 0 Å². The molecule has 0 N–H and O–H groups in total. The lowest BCUT2D eigenvalue weighted by atomic mass is 10.1.